The maximum Gasteiger partial charge on any atom is 0.256 e. The van der Waals surface area contributed by atoms with Crippen molar-refractivity contribution in [2.75, 3.05) is 30.9 Å². The molecule has 2 amide bonds. The number of nitrogens with zero attached hydrogens (tertiary/aromatic N) is 4. The van der Waals surface area contributed by atoms with Crippen LogP contribution >= 0.6 is 0 Å². The van der Waals surface area contributed by atoms with Crippen molar-refractivity contribution in [3.8, 4) is 0 Å². The van der Waals surface area contributed by atoms with Gasteiger partial charge in [-0.05, 0) is 56.9 Å². The molecule has 9 nitrogen and oxygen atoms in total. The van der Waals surface area contributed by atoms with Crippen LogP contribution in [0.1, 0.15) is 68.9 Å². The van der Waals surface area contributed by atoms with Crippen molar-refractivity contribution in [3.63, 3.8) is 0 Å². The first-order chi connectivity index (χ1) is 16.5. The van der Waals surface area contributed by atoms with E-state index in [4.69, 9.17) is 4.98 Å². The van der Waals surface area contributed by atoms with E-state index in [-0.39, 0.29) is 29.4 Å². The second-order valence-corrected chi connectivity index (χ2v) is 12.1. The van der Waals surface area contributed by atoms with E-state index >= 15 is 0 Å². The first-order valence-electron chi connectivity index (χ1n) is 11.8. The highest BCUT2D eigenvalue weighted by atomic mass is 32.2. The van der Waals surface area contributed by atoms with Gasteiger partial charge in [0.25, 0.3) is 11.8 Å². The Morgan fingerprint density at radius 2 is 1.86 bits per heavy atom. The zero-order valence-corrected chi connectivity index (χ0v) is 21.1. The number of benzene rings is 1. The number of nitrogens with one attached hydrogen (secondary N) is 1. The largest absolute Gasteiger partial charge is 0.345 e. The minimum absolute atomic E-state index is 0.0337. The van der Waals surface area contributed by atoms with Gasteiger partial charge in [0.1, 0.15) is 0 Å². The Morgan fingerprint density at radius 1 is 1.11 bits per heavy atom. The summed E-state index contributed by atoms with van der Waals surface area (Å²) in [4.78, 5) is 32.4. The monoisotopic (exact) mass is 495 g/mol. The third-order valence-electron chi connectivity index (χ3n) is 6.79. The summed E-state index contributed by atoms with van der Waals surface area (Å²) in [5.41, 5.74) is 4.38. The Morgan fingerprint density at radius 3 is 2.49 bits per heavy atom. The molecule has 2 aliphatic rings. The Labute approximate surface area is 204 Å². The fourth-order valence-electron chi connectivity index (χ4n) is 4.66. The van der Waals surface area contributed by atoms with E-state index < -0.39 is 9.84 Å². The number of anilines is 1. The highest BCUT2D eigenvalue weighted by Crippen LogP contribution is 2.41. The molecular formula is C25H29N5O4S. The summed E-state index contributed by atoms with van der Waals surface area (Å²) in [5, 5.41) is 8.26. The van der Waals surface area contributed by atoms with E-state index in [1.165, 1.54) is 4.90 Å². The molecule has 0 bridgehead atoms. The van der Waals surface area contributed by atoms with E-state index in [0.29, 0.717) is 45.9 Å². The molecule has 1 saturated heterocycles. The molecule has 2 aromatic heterocycles. The second-order valence-electron chi connectivity index (χ2n) is 9.84. The van der Waals surface area contributed by atoms with Gasteiger partial charge >= 0.3 is 0 Å². The average molecular weight is 496 g/mol. The number of hydrogen-bond acceptors (Lipinski definition) is 6. The molecule has 1 unspecified atom stereocenters. The van der Waals surface area contributed by atoms with Gasteiger partial charge in [-0.2, -0.15) is 5.10 Å². The third kappa shape index (κ3) is 4.42. The maximum absolute atomic E-state index is 13.6. The second kappa shape index (κ2) is 8.44. The van der Waals surface area contributed by atoms with Crippen LogP contribution in [0.15, 0.2) is 24.3 Å². The van der Waals surface area contributed by atoms with E-state index in [0.717, 1.165) is 24.1 Å². The van der Waals surface area contributed by atoms with E-state index in [1.54, 1.807) is 30.9 Å². The quantitative estimate of drug-likeness (QED) is 0.581. The van der Waals surface area contributed by atoms with Gasteiger partial charge in [-0.25, -0.2) is 18.1 Å². The number of fused-ring (bicyclic) bond motifs is 1. The number of hydrogen-bond donors (Lipinski definition) is 1. The molecule has 1 aromatic carbocycles. The number of pyridine rings is 1. The maximum atomic E-state index is 13.6. The van der Waals surface area contributed by atoms with E-state index in [1.807, 2.05) is 26.0 Å². The van der Waals surface area contributed by atoms with Gasteiger partial charge in [-0.15, -0.1) is 0 Å². The van der Waals surface area contributed by atoms with Crippen molar-refractivity contribution in [2.24, 2.45) is 0 Å². The van der Waals surface area contributed by atoms with Crippen LogP contribution in [0.4, 0.5) is 5.69 Å². The van der Waals surface area contributed by atoms with Crippen LogP contribution < -0.4 is 5.32 Å². The Hall–Kier alpha value is -3.27. The minimum Gasteiger partial charge on any atom is -0.345 e. The van der Waals surface area contributed by atoms with Crippen LogP contribution in [0.5, 0.6) is 0 Å². The predicted octanol–water partition coefficient (Wildman–Crippen LogP) is 3.24. The normalized spacial score (nSPS) is 19.1. The average Bonchev–Trinajstić information content (AvgIpc) is 3.52. The number of carbonyl (C=O) groups excluding carboxylic acids is 2. The summed E-state index contributed by atoms with van der Waals surface area (Å²) in [6, 6.07) is 6.80. The zero-order chi connectivity index (χ0) is 25.1. The van der Waals surface area contributed by atoms with Crippen molar-refractivity contribution >= 4 is 38.4 Å². The van der Waals surface area contributed by atoms with Crippen LogP contribution in [-0.4, -0.2) is 65.5 Å². The lowest BCUT2D eigenvalue weighted by Crippen LogP contribution is -2.22. The van der Waals surface area contributed by atoms with Crippen molar-refractivity contribution in [2.45, 2.75) is 45.1 Å². The molecule has 184 valence electrons. The predicted molar refractivity (Wildman–Crippen MR) is 134 cm³/mol. The third-order valence-corrected chi connectivity index (χ3v) is 8.54. The van der Waals surface area contributed by atoms with Gasteiger partial charge in [0, 0.05) is 37.0 Å². The number of sulfone groups is 1. The van der Waals surface area contributed by atoms with Crippen LogP contribution in [0.2, 0.25) is 0 Å². The highest BCUT2D eigenvalue weighted by molar-refractivity contribution is 7.91. The highest BCUT2D eigenvalue weighted by Gasteiger charge is 2.34. The van der Waals surface area contributed by atoms with E-state index in [9.17, 15) is 18.0 Å². The van der Waals surface area contributed by atoms with E-state index in [2.05, 4.69) is 10.4 Å². The number of aromatic nitrogens is 3. The van der Waals surface area contributed by atoms with Crippen molar-refractivity contribution < 1.29 is 18.0 Å². The molecule has 3 aromatic rings. The van der Waals surface area contributed by atoms with Crippen molar-refractivity contribution in [3.05, 3.63) is 52.3 Å². The molecule has 0 spiro atoms. The van der Waals surface area contributed by atoms with Crippen LogP contribution in [0.3, 0.4) is 0 Å². The molecular weight excluding hydrogens is 466 g/mol. The fourth-order valence-corrected chi connectivity index (χ4v) is 6.35. The summed E-state index contributed by atoms with van der Waals surface area (Å²) < 4.78 is 25.9. The number of carbonyl (C=O) groups is 2. The molecule has 35 heavy (non-hydrogen) atoms. The molecule has 1 aliphatic carbocycles. The molecule has 1 aliphatic heterocycles. The summed E-state index contributed by atoms with van der Waals surface area (Å²) in [7, 11) is 0.263. The number of aryl methyl sites for hydroxylation is 2. The lowest BCUT2D eigenvalue weighted by Gasteiger charge is -2.15. The van der Waals surface area contributed by atoms with Crippen LogP contribution in [0.25, 0.3) is 11.0 Å². The summed E-state index contributed by atoms with van der Waals surface area (Å²) in [6.45, 7) is 3.69. The van der Waals surface area contributed by atoms with Gasteiger partial charge < -0.3 is 10.2 Å². The number of amides is 2. The zero-order valence-electron chi connectivity index (χ0n) is 20.3. The molecule has 1 saturated carbocycles. The van der Waals surface area contributed by atoms with Gasteiger partial charge in [0.2, 0.25) is 0 Å². The molecule has 1 N–H and O–H groups in total. The summed E-state index contributed by atoms with van der Waals surface area (Å²) >= 11 is 0. The first-order valence-corrected chi connectivity index (χ1v) is 13.6. The summed E-state index contributed by atoms with van der Waals surface area (Å²) in [6.07, 6.45) is 2.51. The summed E-state index contributed by atoms with van der Waals surface area (Å²) in [5.74, 6) is 0.00996. The first kappa shape index (κ1) is 23.5. The van der Waals surface area contributed by atoms with Crippen LogP contribution in [0, 0.1) is 13.8 Å². The molecule has 5 rings (SSSR count). The SMILES string of the molecule is Cc1ccc(C(=O)N(C)C)cc1NC(=O)c1cc(C2CC2)nc2c1c(C)nn2C1CCS(=O)(=O)C1. The van der Waals surface area contributed by atoms with Gasteiger partial charge in [-0.3, -0.25) is 9.59 Å². The number of rotatable bonds is 5. The molecule has 10 heteroatoms. The topological polar surface area (TPSA) is 114 Å². The van der Waals surface area contributed by atoms with Gasteiger partial charge in [0.15, 0.2) is 15.5 Å². The fraction of sp³-hybridized carbons (Fsp3) is 0.440. The van der Waals surface area contributed by atoms with Crippen molar-refractivity contribution in [1.29, 1.82) is 0 Å². The molecule has 0 radical (unpaired) electrons. The lowest BCUT2D eigenvalue weighted by molar-refractivity contribution is 0.0827. The van der Waals surface area contributed by atoms with Gasteiger partial charge in [0.05, 0.1) is 34.2 Å². The molecule has 1 atom stereocenters. The minimum atomic E-state index is -3.11. The smallest absolute Gasteiger partial charge is 0.256 e. The Bertz CT molecular complexity index is 1470. The molecule has 3 heterocycles. The van der Waals surface area contributed by atoms with Gasteiger partial charge in [-0.1, -0.05) is 6.07 Å². The Balaban J connectivity index is 1.57. The van der Waals surface area contributed by atoms with Crippen molar-refractivity contribution in [1.82, 2.24) is 19.7 Å². The van der Waals surface area contributed by atoms with Crippen LogP contribution in [-0.2, 0) is 9.84 Å². The lowest BCUT2D eigenvalue weighted by atomic mass is 10.1. The molecule has 2 fully saturated rings. The Kier molecular flexibility index (Phi) is 5.66. The standard InChI is InChI=1S/C25H29N5O4S/c1-14-5-6-17(25(32)29(3)4)11-20(14)27-24(31)19-12-21(16-7-8-16)26-23-22(19)15(2)28-30(23)18-9-10-35(33,34)13-18/h5-6,11-12,16,18H,7-10,13H2,1-4H3,(H,27,31).